The summed E-state index contributed by atoms with van der Waals surface area (Å²) in [6, 6.07) is 7.36. The zero-order chi connectivity index (χ0) is 17.8. The van der Waals surface area contributed by atoms with Crippen LogP contribution in [0.1, 0.15) is 41.0 Å². The highest BCUT2D eigenvalue weighted by atomic mass is 16.2. The van der Waals surface area contributed by atoms with Crippen molar-refractivity contribution in [1.82, 2.24) is 5.32 Å². The van der Waals surface area contributed by atoms with Gasteiger partial charge in [0.05, 0.1) is 0 Å². The van der Waals surface area contributed by atoms with Crippen LogP contribution in [0.2, 0.25) is 0 Å². The molecular formula is C18H29N3O2. The topological polar surface area (TPSA) is 61.4 Å². The van der Waals surface area contributed by atoms with E-state index in [1.165, 1.54) is 0 Å². The summed E-state index contributed by atoms with van der Waals surface area (Å²) in [5.41, 5.74) is 1.17. The summed E-state index contributed by atoms with van der Waals surface area (Å²) in [6.07, 6.45) is 0.773. The van der Waals surface area contributed by atoms with Crippen LogP contribution < -0.4 is 15.5 Å². The van der Waals surface area contributed by atoms with Crippen LogP contribution in [0.4, 0.5) is 11.4 Å². The Morgan fingerprint density at radius 2 is 1.65 bits per heavy atom. The number of hydrogen-bond acceptors (Lipinski definition) is 3. The highest BCUT2D eigenvalue weighted by molar-refractivity contribution is 6.39. The second-order valence-corrected chi connectivity index (χ2v) is 7.97. The van der Waals surface area contributed by atoms with E-state index < -0.39 is 17.4 Å². The van der Waals surface area contributed by atoms with Gasteiger partial charge >= 0.3 is 11.8 Å². The molecule has 0 atom stereocenters. The molecule has 0 aliphatic carbocycles. The Hall–Kier alpha value is -2.04. The average molecular weight is 319 g/mol. The normalized spacial score (nSPS) is 11.8. The average Bonchev–Trinajstić information content (AvgIpc) is 2.35. The molecule has 1 aromatic rings. The summed E-state index contributed by atoms with van der Waals surface area (Å²) >= 11 is 0. The van der Waals surface area contributed by atoms with Crippen LogP contribution in [0.5, 0.6) is 0 Å². The Kier molecular flexibility index (Phi) is 5.81. The van der Waals surface area contributed by atoms with E-state index in [9.17, 15) is 9.59 Å². The van der Waals surface area contributed by atoms with Crippen molar-refractivity contribution < 1.29 is 9.59 Å². The number of carbonyl (C=O) groups is 2. The van der Waals surface area contributed by atoms with E-state index in [2.05, 4.69) is 31.4 Å². The van der Waals surface area contributed by atoms with E-state index in [-0.39, 0.29) is 5.41 Å². The molecule has 0 spiro atoms. The summed E-state index contributed by atoms with van der Waals surface area (Å²) in [5, 5.41) is 5.45. The van der Waals surface area contributed by atoms with Gasteiger partial charge in [-0.05, 0) is 43.9 Å². The van der Waals surface area contributed by atoms with Gasteiger partial charge in [-0.2, -0.15) is 0 Å². The number of amides is 2. The van der Waals surface area contributed by atoms with Gasteiger partial charge in [-0.1, -0.05) is 26.8 Å². The van der Waals surface area contributed by atoms with Crippen LogP contribution in [0.25, 0.3) is 0 Å². The maximum Gasteiger partial charge on any atom is 0.313 e. The molecule has 0 fully saturated rings. The molecule has 0 aromatic heterocycles. The molecular weight excluding hydrogens is 290 g/mol. The highest BCUT2D eigenvalue weighted by Gasteiger charge is 2.29. The first-order valence-corrected chi connectivity index (χ1v) is 7.80. The summed E-state index contributed by atoms with van der Waals surface area (Å²) in [4.78, 5) is 26.2. The molecule has 0 bridgehead atoms. The van der Waals surface area contributed by atoms with E-state index in [1.807, 2.05) is 51.0 Å². The molecule has 23 heavy (non-hydrogen) atoms. The molecule has 5 nitrogen and oxygen atoms in total. The summed E-state index contributed by atoms with van der Waals surface area (Å²) in [7, 11) is 3.84. The van der Waals surface area contributed by atoms with Crippen molar-refractivity contribution in [1.29, 1.82) is 0 Å². The van der Waals surface area contributed by atoms with Crippen LogP contribution in [0, 0.1) is 5.41 Å². The fourth-order valence-corrected chi connectivity index (χ4v) is 2.78. The Labute approximate surface area is 139 Å². The molecule has 5 heteroatoms. The van der Waals surface area contributed by atoms with E-state index in [0.717, 1.165) is 12.1 Å². The maximum absolute atomic E-state index is 12.1. The van der Waals surface area contributed by atoms with Crippen LogP contribution in [-0.2, 0) is 9.59 Å². The summed E-state index contributed by atoms with van der Waals surface area (Å²) < 4.78 is 0. The molecule has 2 N–H and O–H groups in total. The second-order valence-electron chi connectivity index (χ2n) is 7.97. The molecule has 1 aromatic carbocycles. The van der Waals surface area contributed by atoms with Gasteiger partial charge in [0.25, 0.3) is 0 Å². The lowest BCUT2D eigenvalue weighted by molar-refractivity contribution is -0.137. The lowest BCUT2D eigenvalue weighted by atomic mass is 9.82. The molecule has 2 amide bonds. The molecule has 0 aliphatic heterocycles. The molecule has 0 aliphatic rings. The molecule has 0 unspecified atom stereocenters. The van der Waals surface area contributed by atoms with E-state index in [1.54, 1.807) is 6.07 Å². The number of anilines is 2. The third-order valence-electron chi connectivity index (χ3n) is 3.25. The van der Waals surface area contributed by atoms with Gasteiger partial charge < -0.3 is 15.5 Å². The predicted molar refractivity (Wildman–Crippen MR) is 95.7 cm³/mol. The third kappa shape index (κ3) is 6.72. The first-order valence-electron chi connectivity index (χ1n) is 7.80. The molecule has 0 radical (unpaired) electrons. The van der Waals surface area contributed by atoms with Crippen LogP contribution in [-0.4, -0.2) is 31.4 Å². The first kappa shape index (κ1) is 19.0. The van der Waals surface area contributed by atoms with Crippen molar-refractivity contribution in [2.24, 2.45) is 5.41 Å². The van der Waals surface area contributed by atoms with Gasteiger partial charge in [0.1, 0.15) is 0 Å². The number of benzene rings is 1. The van der Waals surface area contributed by atoms with Crippen molar-refractivity contribution >= 4 is 23.2 Å². The summed E-state index contributed by atoms with van der Waals surface area (Å²) in [6.45, 7) is 10.2. The van der Waals surface area contributed by atoms with Gasteiger partial charge in [-0.25, -0.2) is 0 Å². The van der Waals surface area contributed by atoms with Gasteiger partial charge in [0.15, 0.2) is 0 Å². The minimum atomic E-state index is -0.650. The van der Waals surface area contributed by atoms with Gasteiger partial charge in [0.2, 0.25) is 0 Å². The SMILES string of the molecule is CN(C)c1cccc(NC(=O)C(=O)NC(C)(C)CC(C)(C)C)c1. The van der Waals surface area contributed by atoms with E-state index >= 15 is 0 Å². The van der Waals surface area contributed by atoms with Crippen molar-refractivity contribution in [3.8, 4) is 0 Å². The van der Waals surface area contributed by atoms with Crippen LogP contribution in [0.15, 0.2) is 24.3 Å². The third-order valence-corrected chi connectivity index (χ3v) is 3.25. The predicted octanol–water partition coefficient (Wildman–Crippen LogP) is 3.02. The second kappa shape index (κ2) is 7.02. The molecule has 0 saturated heterocycles. The van der Waals surface area contributed by atoms with Gasteiger partial charge in [-0.3, -0.25) is 9.59 Å². The first-order chi connectivity index (χ1) is 10.4. The number of nitrogens with zero attached hydrogens (tertiary/aromatic N) is 1. The zero-order valence-corrected chi connectivity index (χ0v) is 15.3. The van der Waals surface area contributed by atoms with E-state index in [4.69, 9.17) is 0 Å². The van der Waals surface area contributed by atoms with Crippen LogP contribution in [0.3, 0.4) is 0 Å². The Morgan fingerprint density at radius 3 is 2.17 bits per heavy atom. The van der Waals surface area contributed by atoms with Crippen molar-refractivity contribution in [3.63, 3.8) is 0 Å². The standard InChI is InChI=1S/C18H29N3O2/c1-17(2,3)12-18(4,5)20-16(23)15(22)19-13-9-8-10-14(11-13)21(6)7/h8-11H,12H2,1-7H3,(H,19,22)(H,20,23). The minimum absolute atomic E-state index is 0.0628. The van der Waals surface area contributed by atoms with Gasteiger partial charge in [-0.15, -0.1) is 0 Å². The summed E-state index contributed by atoms with van der Waals surface area (Å²) in [5.74, 6) is -1.27. The van der Waals surface area contributed by atoms with Crippen molar-refractivity contribution in [2.75, 3.05) is 24.3 Å². The molecule has 0 saturated carbocycles. The minimum Gasteiger partial charge on any atom is -0.378 e. The number of rotatable bonds is 4. The monoisotopic (exact) mass is 319 g/mol. The Morgan fingerprint density at radius 1 is 1.04 bits per heavy atom. The Bertz CT molecular complexity index is 572. The highest BCUT2D eigenvalue weighted by Crippen LogP contribution is 2.26. The lowest BCUT2D eigenvalue weighted by Gasteiger charge is -2.33. The number of hydrogen-bond donors (Lipinski definition) is 2. The number of carbonyl (C=O) groups excluding carboxylic acids is 2. The molecule has 1 rings (SSSR count). The fourth-order valence-electron chi connectivity index (χ4n) is 2.78. The molecule has 0 heterocycles. The fraction of sp³-hybridized carbons (Fsp3) is 0.556. The van der Waals surface area contributed by atoms with Crippen molar-refractivity contribution in [3.05, 3.63) is 24.3 Å². The lowest BCUT2D eigenvalue weighted by Crippen LogP contribution is -2.49. The maximum atomic E-state index is 12.1. The quantitative estimate of drug-likeness (QED) is 0.839. The van der Waals surface area contributed by atoms with E-state index in [0.29, 0.717) is 5.69 Å². The van der Waals surface area contributed by atoms with Crippen molar-refractivity contribution in [2.45, 2.75) is 46.6 Å². The largest absolute Gasteiger partial charge is 0.378 e. The number of nitrogens with one attached hydrogen (secondary N) is 2. The van der Waals surface area contributed by atoms with Crippen LogP contribution >= 0.6 is 0 Å². The molecule has 128 valence electrons. The smallest absolute Gasteiger partial charge is 0.313 e. The van der Waals surface area contributed by atoms with Gasteiger partial charge in [0, 0.05) is 31.0 Å². The Balaban J connectivity index is 2.71. The zero-order valence-electron chi connectivity index (χ0n) is 15.3.